The first-order valence-electron chi connectivity index (χ1n) is 9.89. The maximum Gasteiger partial charge on any atom is 0.226 e. The molecule has 4 fully saturated rings. The van der Waals surface area contributed by atoms with Crippen LogP contribution >= 0.6 is 11.3 Å². The molecule has 136 valence electrons. The summed E-state index contributed by atoms with van der Waals surface area (Å²) in [7, 11) is 0. The highest BCUT2D eigenvalue weighted by Crippen LogP contribution is 2.55. The summed E-state index contributed by atoms with van der Waals surface area (Å²) in [5, 5.41) is 6.50. The van der Waals surface area contributed by atoms with Crippen molar-refractivity contribution >= 4 is 17.2 Å². The Labute approximate surface area is 159 Å². The molecule has 0 radical (unpaired) electrons. The summed E-state index contributed by atoms with van der Waals surface area (Å²) < 4.78 is 0. The molecule has 4 saturated carbocycles. The van der Waals surface area contributed by atoms with Crippen LogP contribution in [0.15, 0.2) is 29.6 Å². The monoisotopic (exact) mass is 366 g/mol. The number of nitrogens with one attached hydrogen (secondary N) is 1. The molecule has 0 spiro atoms. The molecular formula is C22H26N2OS. The zero-order valence-electron chi connectivity index (χ0n) is 15.3. The van der Waals surface area contributed by atoms with Crippen LogP contribution in [0.1, 0.15) is 49.8 Å². The van der Waals surface area contributed by atoms with E-state index in [1.807, 2.05) is 5.38 Å². The summed E-state index contributed by atoms with van der Waals surface area (Å²) >= 11 is 1.63. The van der Waals surface area contributed by atoms with E-state index in [0.717, 1.165) is 34.0 Å². The molecule has 6 rings (SSSR count). The second-order valence-electron chi connectivity index (χ2n) is 8.94. The molecule has 0 aliphatic heterocycles. The molecule has 4 bridgehead atoms. The van der Waals surface area contributed by atoms with Crippen LogP contribution in [0, 0.1) is 24.7 Å². The second kappa shape index (κ2) is 6.19. The van der Waals surface area contributed by atoms with Crippen LogP contribution in [0.2, 0.25) is 0 Å². The van der Waals surface area contributed by atoms with Gasteiger partial charge < -0.3 is 5.32 Å². The van der Waals surface area contributed by atoms with Gasteiger partial charge in [0.2, 0.25) is 5.91 Å². The summed E-state index contributed by atoms with van der Waals surface area (Å²) in [5.74, 6) is 2.73. The van der Waals surface area contributed by atoms with E-state index in [1.54, 1.807) is 11.3 Å². The standard InChI is InChI=1S/C22H26N2OS/c1-14-3-2-4-18(5-14)21-23-19(13-26-21)9-20(25)24-22-10-15-6-16(11-22)8-17(7-15)12-22/h2-5,13,15-17H,6-12H2,1H3,(H,24,25). The van der Waals surface area contributed by atoms with Gasteiger partial charge in [0.25, 0.3) is 0 Å². The molecule has 1 N–H and O–H groups in total. The summed E-state index contributed by atoms with van der Waals surface area (Å²) in [4.78, 5) is 17.5. The maximum atomic E-state index is 12.8. The molecule has 1 amide bonds. The number of aryl methyl sites for hydroxylation is 1. The molecule has 0 unspecified atom stereocenters. The molecular weight excluding hydrogens is 340 g/mol. The van der Waals surface area contributed by atoms with Crippen molar-refractivity contribution < 1.29 is 4.79 Å². The van der Waals surface area contributed by atoms with E-state index in [0.29, 0.717) is 6.42 Å². The topological polar surface area (TPSA) is 42.0 Å². The Balaban J connectivity index is 1.27. The first kappa shape index (κ1) is 16.5. The molecule has 1 aromatic carbocycles. The second-order valence-corrected chi connectivity index (χ2v) is 9.79. The molecule has 1 heterocycles. The molecule has 1 aromatic heterocycles. The van der Waals surface area contributed by atoms with E-state index >= 15 is 0 Å². The normalized spacial score (nSPS) is 32.0. The van der Waals surface area contributed by atoms with Crippen LogP contribution in [0.25, 0.3) is 10.6 Å². The van der Waals surface area contributed by atoms with E-state index in [-0.39, 0.29) is 11.4 Å². The Morgan fingerprint density at radius 2 is 1.88 bits per heavy atom. The largest absolute Gasteiger partial charge is 0.350 e. The maximum absolute atomic E-state index is 12.8. The molecule has 0 saturated heterocycles. The average Bonchev–Trinajstić information content (AvgIpc) is 3.01. The number of carbonyl (C=O) groups excluding carboxylic acids is 1. The summed E-state index contributed by atoms with van der Waals surface area (Å²) in [6.45, 7) is 2.09. The third-order valence-electron chi connectivity index (χ3n) is 6.60. The summed E-state index contributed by atoms with van der Waals surface area (Å²) in [6, 6.07) is 8.39. The number of amides is 1. The lowest BCUT2D eigenvalue weighted by atomic mass is 9.53. The van der Waals surface area contributed by atoms with Crippen molar-refractivity contribution in [2.75, 3.05) is 0 Å². The van der Waals surface area contributed by atoms with Gasteiger partial charge in [-0.1, -0.05) is 23.8 Å². The van der Waals surface area contributed by atoms with Gasteiger partial charge in [-0.05, 0) is 69.3 Å². The molecule has 4 aliphatic carbocycles. The first-order valence-corrected chi connectivity index (χ1v) is 10.8. The minimum atomic E-state index is 0.0984. The number of hydrogen-bond acceptors (Lipinski definition) is 3. The fourth-order valence-corrected chi connectivity index (χ4v) is 6.88. The van der Waals surface area contributed by atoms with Gasteiger partial charge in [0, 0.05) is 16.5 Å². The van der Waals surface area contributed by atoms with Gasteiger partial charge in [-0.15, -0.1) is 11.3 Å². The fraction of sp³-hybridized carbons (Fsp3) is 0.545. The van der Waals surface area contributed by atoms with Crippen molar-refractivity contribution in [3.05, 3.63) is 40.9 Å². The van der Waals surface area contributed by atoms with E-state index in [1.165, 1.54) is 44.1 Å². The van der Waals surface area contributed by atoms with Crippen LogP contribution < -0.4 is 5.32 Å². The smallest absolute Gasteiger partial charge is 0.226 e. The van der Waals surface area contributed by atoms with Gasteiger partial charge in [-0.25, -0.2) is 4.98 Å². The number of benzene rings is 1. The van der Waals surface area contributed by atoms with Gasteiger partial charge in [0.05, 0.1) is 12.1 Å². The minimum Gasteiger partial charge on any atom is -0.350 e. The minimum absolute atomic E-state index is 0.0984. The molecule has 0 atom stereocenters. The van der Waals surface area contributed by atoms with Gasteiger partial charge in [-0.3, -0.25) is 4.79 Å². The van der Waals surface area contributed by atoms with Crippen LogP contribution in [-0.2, 0) is 11.2 Å². The number of rotatable bonds is 4. The van der Waals surface area contributed by atoms with E-state index in [9.17, 15) is 4.79 Å². The molecule has 2 aromatic rings. The first-order chi connectivity index (χ1) is 12.6. The van der Waals surface area contributed by atoms with Gasteiger partial charge in [0.15, 0.2) is 0 Å². The third kappa shape index (κ3) is 3.09. The fourth-order valence-electron chi connectivity index (χ4n) is 6.07. The predicted molar refractivity (Wildman–Crippen MR) is 105 cm³/mol. The zero-order chi connectivity index (χ0) is 17.7. The Kier molecular flexibility index (Phi) is 3.93. The van der Waals surface area contributed by atoms with E-state index in [2.05, 4.69) is 36.5 Å². The molecule has 4 heteroatoms. The van der Waals surface area contributed by atoms with Crippen molar-refractivity contribution in [2.24, 2.45) is 17.8 Å². The van der Waals surface area contributed by atoms with Crippen LogP contribution in [-0.4, -0.2) is 16.4 Å². The van der Waals surface area contributed by atoms with Crippen molar-refractivity contribution in [3.8, 4) is 10.6 Å². The lowest BCUT2D eigenvalue weighted by molar-refractivity contribution is -0.126. The van der Waals surface area contributed by atoms with Gasteiger partial charge in [-0.2, -0.15) is 0 Å². The highest BCUT2D eigenvalue weighted by molar-refractivity contribution is 7.13. The van der Waals surface area contributed by atoms with Crippen LogP contribution in [0.5, 0.6) is 0 Å². The Morgan fingerprint density at radius 1 is 1.19 bits per heavy atom. The Morgan fingerprint density at radius 3 is 2.54 bits per heavy atom. The lowest BCUT2D eigenvalue weighted by Gasteiger charge is -2.56. The van der Waals surface area contributed by atoms with Gasteiger partial charge >= 0.3 is 0 Å². The number of nitrogens with zero attached hydrogens (tertiary/aromatic N) is 1. The molecule has 26 heavy (non-hydrogen) atoms. The number of thiazole rings is 1. The van der Waals surface area contributed by atoms with Crippen molar-refractivity contribution in [1.82, 2.24) is 10.3 Å². The van der Waals surface area contributed by atoms with Crippen molar-refractivity contribution in [2.45, 2.75) is 57.4 Å². The lowest BCUT2D eigenvalue weighted by Crippen LogP contribution is -2.60. The van der Waals surface area contributed by atoms with E-state index < -0.39 is 0 Å². The zero-order valence-corrected chi connectivity index (χ0v) is 16.1. The third-order valence-corrected chi connectivity index (χ3v) is 7.54. The van der Waals surface area contributed by atoms with Crippen molar-refractivity contribution in [3.63, 3.8) is 0 Å². The Bertz CT molecular complexity index is 805. The number of hydrogen-bond donors (Lipinski definition) is 1. The number of aromatic nitrogens is 1. The van der Waals surface area contributed by atoms with Crippen LogP contribution in [0.4, 0.5) is 0 Å². The molecule has 3 nitrogen and oxygen atoms in total. The highest BCUT2D eigenvalue weighted by Gasteiger charge is 2.51. The highest BCUT2D eigenvalue weighted by atomic mass is 32.1. The summed E-state index contributed by atoms with van der Waals surface area (Å²) in [5.41, 5.74) is 3.37. The number of carbonyl (C=O) groups is 1. The Hall–Kier alpha value is -1.68. The predicted octanol–water partition coefficient (Wildman–Crippen LogP) is 4.75. The van der Waals surface area contributed by atoms with Crippen molar-refractivity contribution in [1.29, 1.82) is 0 Å². The van der Waals surface area contributed by atoms with Gasteiger partial charge in [0.1, 0.15) is 5.01 Å². The van der Waals surface area contributed by atoms with E-state index in [4.69, 9.17) is 4.98 Å². The molecule has 4 aliphatic rings. The summed E-state index contributed by atoms with van der Waals surface area (Å²) in [6.07, 6.45) is 8.23. The van der Waals surface area contributed by atoms with Crippen LogP contribution in [0.3, 0.4) is 0 Å². The average molecular weight is 367 g/mol. The quantitative estimate of drug-likeness (QED) is 0.849. The SMILES string of the molecule is Cc1cccc(-c2nc(CC(=O)NC34CC5CC(CC(C5)C3)C4)cs2)c1.